The van der Waals surface area contributed by atoms with Crippen LogP contribution >= 0.6 is 0 Å². The molecule has 1 heterocycles. The van der Waals surface area contributed by atoms with E-state index >= 15 is 0 Å². The number of hydrogen-bond donors (Lipinski definition) is 1. The third-order valence-corrected chi connectivity index (χ3v) is 6.61. The summed E-state index contributed by atoms with van der Waals surface area (Å²) in [6.07, 6.45) is 1.64. The number of fused-ring (bicyclic) bond motifs is 1. The van der Waals surface area contributed by atoms with Crippen molar-refractivity contribution in [2.45, 2.75) is 51.8 Å². The fourth-order valence-corrected chi connectivity index (χ4v) is 5.06. The summed E-state index contributed by atoms with van der Waals surface area (Å²) in [6.45, 7) is 7.42. The molecule has 1 aliphatic heterocycles. The van der Waals surface area contributed by atoms with E-state index in [0.717, 1.165) is 21.7 Å². The number of nitrogens with one attached hydrogen (secondary N) is 1. The van der Waals surface area contributed by atoms with Gasteiger partial charge in [0.1, 0.15) is 23.1 Å². The molecular formula is C23H30N2O5S. The lowest BCUT2D eigenvalue weighted by Crippen LogP contribution is -2.50. The van der Waals surface area contributed by atoms with Gasteiger partial charge in [0.05, 0.1) is 25.1 Å². The molecule has 2 aromatic carbocycles. The first-order chi connectivity index (χ1) is 14.4. The summed E-state index contributed by atoms with van der Waals surface area (Å²) in [5.41, 5.74) is 1.77. The second-order valence-corrected chi connectivity index (χ2v) is 10.5. The van der Waals surface area contributed by atoms with Crippen LogP contribution in [0.3, 0.4) is 0 Å². The summed E-state index contributed by atoms with van der Waals surface area (Å²) in [6, 6.07) is 11.3. The molecule has 1 aliphatic rings. The van der Waals surface area contributed by atoms with Crippen molar-refractivity contribution in [2.75, 3.05) is 17.7 Å². The van der Waals surface area contributed by atoms with Gasteiger partial charge in [0.2, 0.25) is 15.9 Å². The molecule has 0 aliphatic carbocycles. The molecule has 2 aromatic rings. The molecule has 1 amide bonds. The van der Waals surface area contributed by atoms with Gasteiger partial charge in [0.15, 0.2) is 0 Å². The van der Waals surface area contributed by atoms with Crippen LogP contribution in [0.2, 0.25) is 0 Å². The molecule has 7 nitrogen and oxygen atoms in total. The maximum atomic E-state index is 13.2. The van der Waals surface area contributed by atoms with Gasteiger partial charge in [0, 0.05) is 12.0 Å². The van der Waals surface area contributed by atoms with Gasteiger partial charge in [0.25, 0.3) is 0 Å². The highest BCUT2D eigenvalue weighted by molar-refractivity contribution is 7.92. The number of hydrogen-bond acceptors (Lipinski definition) is 5. The Hall–Kier alpha value is -2.74. The third kappa shape index (κ3) is 5.12. The van der Waals surface area contributed by atoms with Crippen LogP contribution in [-0.4, -0.2) is 39.3 Å². The van der Waals surface area contributed by atoms with Crippen LogP contribution in [0, 0.1) is 6.92 Å². The van der Waals surface area contributed by atoms with E-state index in [1.54, 1.807) is 26.2 Å². The van der Waals surface area contributed by atoms with E-state index in [1.807, 2.05) is 51.1 Å². The zero-order valence-corrected chi connectivity index (χ0v) is 19.6. The average Bonchev–Trinajstić information content (AvgIpc) is 2.67. The molecule has 0 radical (unpaired) electrons. The molecule has 0 bridgehead atoms. The Morgan fingerprint density at radius 1 is 1.23 bits per heavy atom. The van der Waals surface area contributed by atoms with E-state index in [4.69, 9.17) is 9.47 Å². The normalized spacial score (nSPS) is 18.3. The fraction of sp³-hybridized carbons (Fsp3) is 0.435. The number of rotatable bonds is 6. The molecule has 2 atom stereocenters. The fourth-order valence-electron chi connectivity index (χ4n) is 3.88. The second-order valence-electron chi connectivity index (χ2n) is 8.60. The molecule has 0 spiro atoms. The van der Waals surface area contributed by atoms with Gasteiger partial charge in [-0.15, -0.1) is 0 Å². The van der Waals surface area contributed by atoms with E-state index in [9.17, 15) is 13.2 Å². The lowest BCUT2D eigenvalue weighted by atomic mass is 9.89. The Morgan fingerprint density at radius 3 is 2.45 bits per heavy atom. The van der Waals surface area contributed by atoms with Gasteiger partial charge >= 0.3 is 0 Å². The summed E-state index contributed by atoms with van der Waals surface area (Å²) in [5, 5.41) is 3.03. The van der Waals surface area contributed by atoms with Crippen LogP contribution in [0.5, 0.6) is 11.5 Å². The van der Waals surface area contributed by atoms with E-state index in [0.29, 0.717) is 23.6 Å². The second kappa shape index (κ2) is 8.42. The van der Waals surface area contributed by atoms with Gasteiger partial charge in [-0.25, -0.2) is 8.42 Å². The zero-order valence-electron chi connectivity index (χ0n) is 18.8. The van der Waals surface area contributed by atoms with Crippen molar-refractivity contribution < 1.29 is 22.7 Å². The highest BCUT2D eigenvalue weighted by atomic mass is 32.2. The van der Waals surface area contributed by atoms with Crippen LogP contribution in [0.25, 0.3) is 0 Å². The Balaban J connectivity index is 1.91. The predicted molar refractivity (Wildman–Crippen MR) is 121 cm³/mol. The lowest BCUT2D eigenvalue weighted by molar-refractivity contribution is -0.123. The standard InChI is InChI=1S/C23H30N2O5S/c1-15-7-9-17(10-8-15)25(31(6,27)28)16(2)22(26)24-20-14-23(3,4)30-21-12-11-18(29-5)13-19(20)21/h7-13,16,20H,14H2,1-6H3,(H,24,26)/t16-,20+/m1/s1. The first-order valence-corrected chi connectivity index (χ1v) is 12.0. The molecule has 0 unspecified atom stereocenters. The van der Waals surface area contributed by atoms with Crippen molar-refractivity contribution in [3.05, 3.63) is 53.6 Å². The van der Waals surface area contributed by atoms with Crippen LogP contribution < -0.4 is 19.1 Å². The van der Waals surface area contributed by atoms with E-state index < -0.39 is 21.7 Å². The number of aryl methyl sites for hydroxylation is 1. The maximum absolute atomic E-state index is 13.2. The minimum Gasteiger partial charge on any atom is -0.497 e. The molecule has 1 N–H and O–H groups in total. The van der Waals surface area contributed by atoms with Crippen molar-refractivity contribution in [3.8, 4) is 11.5 Å². The minimum atomic E-state index is -3.68. The van der Waals surface area contributed by atoms with Crippen molar-refractivity contribution in [1.82, 2.24) is 5.32 Å². The molecule has 168 valence electrons. The summed E-state index contributed by atoms with van der Waals surface area (Å²) in [5.74, 6) is 0.947. The van der Waals surface area contributed by atoms with E-state index in [1.165, 1.54) is 0 Å². The summed E-state index contributed by atoms with van der Waals surface area (Å²) in [7, 11) is -2.10. The zero-order chi connectivity index (χ0) is 23.0. The molecule has 8 heteroatoms. The summed E-state index contributed by atoms with van der Waals surface area (Å²) < 4.78 is 37.6. The first kappa shape index (κ1) is 22.9. The highest BCUT2D eigenvalue weighted by Crippen LogP contribution is 2.41. The number of amides is 1. The van der Waals surface area contributed by atoms with E-state index in [-0.39, 0.29) is 11.9 Å². The van der Waals surface area contributed by atoms with E-state index in [2.05, 4.69) is 5.32 Å². The minimum absolute atomic E-state index is 0.344. The largest absolute Gasteiger partial charge is 0.497 e. The van der Waals surface area contributed by atoms with Crippen molar-refractivity contribution in [2.24, 2.45) is 0 Å². The van der Waals surface area contributed by atoms with Crippen LogP contribution in [0.1, 0.15) is 44.4 Å². The Kier molecular flexibility index (Phi) is 6.23. The number of carbonyl (C=O) groups is 1. The Morgan fingerprint density at radius 2 is 1.87 bits per heavy atom. The topological polar surface area (TPSA) is 84.9 Å². The summed E-state index contributed by atoms with van der Waals surface area (Å²) in [4.78, 5) is 13.2. The average molecular weight is 447 g/mol. The summed E-state index contributed by atoms with van der Waals surface area (Å²) >= 11 is 0. The lowest BCUT2D eigenvalue weighted by Gasteiger charge is -2.39. The monoisotopic (exact) mass is 446 g/mol. The molecular weight excluding hydrogens is 416 g/mol. The van der Waals surface area contributed by atoms with Gasteiger partial charge in [-0.1, -0.05) is 17.7 Å². The van der Waals surface area contributed by atoms with Gasteiger partial charge in [-0.3, -0.25) is 9.10 Å². The van der Waals surface area contributed by atoms with Crippen molar-refractivity contribution in [1.29, 1.82) is 0 Å². The molecule has 0 saturated carbocycles. The molecule has 0 aromatic heterocycles. The number of ether oxygens (including phenoxy) is 2. The number of benzene rings is 2. The van der Waals surface area contributed by atoms with Gasteiger partial charge < -0.3 is 14.8 Å². The maximum Gasteiger partial charge on any atom is 0.244 e. The predicted octanol–water partition coefficient (Wildman–Crippen LogP) is 3.58. The number of anilines is 1. The van der Waals surface area contributed by atoms with Gasteiger partial charge in [-0.05, 0) is 58.0 Å². The highest BCUT2D eigenvalue weighted by Gasteiger charge is 2.37. The molecule has 31 heavy (non-hydrogen) atoms. The van der Waals surface area contributed by atoms with Crippen LogP contribution in [0.15, 0.2) is 42.5 Å². The molecule has 0 saturated heterocycles. The van der Waals surface area contributed by atoms with Crippen LogP contribution in [0.4, 0.5) is 5.69 Å². The Bertz CT molecular complexity index is 1060. The number of carbonyl (C=O) groups excluding carboxylic acids is 1. The van der Waals surface area contributed by atoms with Crippen molar-refractivity contribution >= 4 is 21.6 Å². The van der Waals surface area contributed by atoms with Crippen molar-refractivity contribution in [3.63, 3.8) is 0 Å². The SMILES string of the molecule is COc1ccc2c(c1)[C@@H](NC(=O)[C@@H](C)N(c1ccc(C)cc1)S(C)(=O)=O)CC(C)(C)O2. The smallest absolute Gasteiger partial charge is 0.244 e. The number of nitrogens with zero attached hydrogens (tertiary/aromatic N) is 1. The number of sulfonamides is 1. The Labute approximate surface area is 184 Å². The van der Waals surface area contributed by atoms with Gasteiger partial charge in [-0.2, -0.15) is 0 Å². The molecule has 0 fully saturated rings. The molecule has 3 rings (SSSR count). The quantitative estimate of drug-likeness (QED) is 0.733. The first-order valence-electron chi connectivity index (χ1n) is 10.1. The van der Waals surface area contributed by atoms with Crippen LogP contribution in [-0.2, 0) is 14.8 Å². The third-order valence-electron chi connectivity index (χ3n) is 5.37. The number of methoxy groups -OCH3 is 1.